The summed E-state index contributed by atoms with van der Waals surface area (Å²) >= 11 is 8.89. The highest BCUT2D eigenvalue weighted by Crippen LogP contribution is 2.43. The van der Waals surface area contributed by atoms with Crippen molar-refractivity contribution in [1.29, 1.82) is 0 Å². The summed E-state index contributed by atoms with van der Waals surface area (Å²) in [6.07, 6.45) is 3.30. The highest BCUT2D eigenvalue weighted by atomic mass is 35.5. The second-order valence-electron chi connectivity index (χ2n) is 13.7. The summed E-state index contributed by atoms with van der Waals surface area (Å²) in [5.41, 5.74) is 8.13. The number of halogens is 2. The maximum absolute atomic E-state index is 14.4. The lowest BCUT2D eigenvalue weighted by atomic mass is 9.98. The first-order valence-corrected chi connectivity index (χ1v) is 19.8. The molecule has 284 valence electrons. The van der Waals surface area contributed by atoms with Gasteiger partial charge in [0.15, 0.2) is 0 Å². The second-order valence-corrected chi connectivity index (χ2v) is 15.3. The van der Waals surface area contributed by atoms with Crippen LogP contribution in [-0.4, -0.2) is 67.9 Å². The minimum absolute atomic E-state index is 0.248. The summed E-state index contributed by atoms with van der Waals surface area (Å²) in [4.78, 5) is 13.3. The Balaban J connectivity index is 1.32. The second kappa shape index (κ2) is 16.6. The van der Waals surface area contributed by atoms with Gasteiger partial charge in [-0.15, -0.1) is 0 Å². The molecule has 0 radical (unpaired) electrons. The number of carbonyl (C=O) groups is 1. The number of thioether (sulfide) groups is 1. The highest BCUT2D eigenvalue weighted by Gasteiger charge is 2.28. The molecule has 1 aliphatic rings. The molecule has 0 fully saturated rings. The van der Waals surface area contributed by atoms with Crippen LogP contribution in [0.15, 0.2) is 48.5 Å². The molecule has 0 atom stereocenters. The Kier molecular flexibility index (Phi) is 11.6. The summed E-state index contributed by atoms with van der Waals surface area (Å²) < 4.78 is 37.7. The van der Waals surface area contributed by atoms with Crippen LogP contribution in [0.2, 0.25) is 5.02 Å². The van der Waals surface area contributed by atoms with Crippen LogP contribution in [0.25, 0.3) is 32.8 Å². The molecule has 7 rings (SSSR count). The van der Waals surface area contributed by atoms with Crippen molar-refractivity contribution < 1.29 is 28.5 Å². The molecule has 0 spiro atoms. The zero-order valence-corrected chi connectivity index (χ0v) is 32.7. The third-order valence-electron chi connectivity index (χ3n) is 10.2. The van der Waals surface area contributed by atoms with Gasteiger partial charge in [-0.3, -0.25) is 9.36 Å². The van der Waals surface area contributed by atoms with Crippen molar-refractivity contribution in [3.63, 3.8) is 0 Å². The molecule has 10 nitrogen and oxygen atoms in total. The number of aromatic carboxylic acids is 1. The van der Waals surface area contributed by atoms with E-state index in [9.17, 15) is 14.3 Å². The average molecular weight is 774 g/mol. The molecule has 0 saturated heterocycles. The lowest BCUT2D eigenvalue weighted by Gasteiger charge is -2.14. The molecule has 0 aliphatic carbocycles. The first-order chi connectivity index (χ1) is 26.1. The average Bonchev–Trinajstić information content (AvgIpc) is 3.76. The number of carboxylic acid groups (broad SMARTS) is 1. The monoisotopic (exact) mass is 773 g/mol. The normalized spacial score (nSPS) is 14.4. The molecule has 0 saturated carbocycles. The summed E-state index contributed by atoms with van der Waals surface area (Å²) in [7, 11) is 5.48. The van der Waals surface area contributed by atoms with E-state index in [4.69, 9.17) is 36.0 Å². The van der Waals surface area contributed by atoms with Crippen LogP contribution in [0.4, 0.5) is 4.39 Å². The van der Waals surface area contributed by atoms with Crippen LogP contribution >= 0.6 is 23.4 Å². The number of aryl methyl sites for hydroxylation is 6. The molecule has 6 aromatic rings. The third kappa shape index (κ3) is 7.75. The summed E-state index contributed by atoms with van der Waals surface area (Å²) in [5, 5.41) is 23.4. The van der Waals surface area contributed by atoms with E-state index in [1.165, 1.54) is 6.07 Å². The Labute approximate surface area is 323 Å². The lowest BCUT2D eigenvalue weighted by molar-refractivity contribution is 0.0602. The van der Waals surface area contributed by atoms with Gasteiger partial charge in [0.2, 0.25) is 0 Å². The van der Waals surface area contributed by atoms with Gasteiger partial charge in [0, 0.05) is 66.8 Å². The molecule has 0 amide bonds. The minimum atomic E-state index is -0.994. The molecule has 13 heteroatoms. The molecule has 3 aromatic heterocycles. The maximum atomic E-state index is 14.4. The van der Waals surface area contributed by atoms with Crippen molar-refractivity contribution >= 4 is 51.0 Å². The van der Waals surface area contributed by atoms with Crippen LogP contribution in [0.3, 0.4) is 0 Å². The molecule has 4 heterocycles. The minimum Gasteiger partial charge on any atom is -0.493 e. The Bertz CT molecular complexity index is 2330. The topological polar surface area (TPSA) is 106 Å². The number of benzene rings is 3. The van der Waals surface area contributed by atoms with E-state index in [-0.39, 0.29) is 18.1 Å². The number of fused-ring (bicyclic) bond motifs is 11. The number of ether oxygens (including phenoxy) is 3. The quantitative estimate of drug-likeness (QED) is 0.162. The fourth-order valence-electron chi connectivity index (χ4n) is 7.58. The smallest absolute Gasteiger partial charge is 0.352 e. The molecular formula is C41H45ClFN5O5S. The molecule has 54 heavy (non-hydrogen) atoms. The Hall–Kier alpha value is -4.36. The van der Waals surface area contributed by atoms with Crippen molar-refractivity contribution in [2.75, 3.05) is 32.7 Å². The van der Waals surface area contributed by atoms with Crippen molar-refractivity contribution in [3.05, 3.63) is 99.0 Å². The van der Waals surface area contributed by atoms with Crippen LogP contribution < -0.4 is 4.74 Å². The van der Waals surface area contributed by atoms with E-state index in [1.807, 2.05) is 59.2 Å². The zero-order chi connectivity index (χ0) is 37.9. The van der Waals surface area contributed by atoms with Gasteiger partial charge in [-0.05, 0) is 97.7 Å². The van der Waals surface area contributed by atoms with Crippen LogP contribution in [0.1, 0.15) is 57.2 Å². The van der Waals surface area contributed by atoms with Crippen LogP contribution in [-0.2, 0) is 61.7 Å². The number of methoxy groups -OCH3 is 1. The Morgan fingerprint density at radius 3 is 2.65 bits per heavy atom. The van der Waals surface area contributed by atoms with Crippen LogP contribution in [0.5, 0.6) is 5.75 Å². The number of nitrogens with zero attached hydrogens (tertiary/aromatic N) is 5. The molecule has 0 unspecified atom stereocenters. The summed E-state index contributed by atoms with van der Waals surface area (Å²) in [6, 6.07) is 14.8. The fourth-order valence-corrected chi connectivity index (χ4v) is 8.65. The predicted octanol–water partition coefficient (Wildman–Crippen LogP) is 8.32. The molecular weight excluding hydrogens is 729 g/mol. The Morgan fingerprint density at radius 1 is 1.00 bits per heavy atom. The lowest BCUT2D eigenvalue weighted by Crippen LogP contribution is -2.12. The first kappa shape index (κ1) is 37.9. The van der Waals surface area contributed by atoms with Gasteiger partial charge >= 0.3 is 5.97 Å². The Morgan fingerprint density at radius 2 is 1.83 bits per heavy atom. The van der Waals surface area contributed by atoms with Gasteiger partial charge in [-0.2, -0.15) is 22.0 Å². The maximum Gasteiger partial charge on any atom is 0.352 e. The van der Waals surface area contributed by atoms with E-state index in [2.05, 4.69) is 6.07 Å². The van der Waals surface area contributed by atoms with Gasteiger partial charge in [-0.25, -0.2) is 9.18 Å². The summed E-state index contributed by atoms with van der Waals surface area (Å²) in [5.74, 6) is 0.936. The predicted molar refractivity (Wildman–Crippen MR) is 211 cm³/mol. The molecule has 1 N–H and O–H groups in total. The first-order valence-electron chi connectivity index (χ1n) is 18.3. The van der Waals surface area contributed by atoms with Gasteiger partial charge in [-0.1, -0.05) is 23.7 Å². The SMILES string of the molecule is COCCOCc1nn(C)c(C)c1-c1c(Cl)ccc2c3c(C(=O)O)n(c12)CCCSCc1cc(n(C)n1)CCc1cc(c2ccc(F)cc2c1)OCCC3. The molecule has 6 bridgehead atoms. The number of hydrogen-bond acceptors (Lipinski definition) is 7. The number of hydrogen-bond donors (Lipinski definition) is 1. The van der Waals surface area contributed by atoms with E-state index in [0.717, 1.165) is 97.5 Å². The number of carboxylic acids is 1. The number of rotatable bonds is 7. The molecule has 3 aromatic carbocycles. The van der Waals surface area contributed by atoms with Crippen LogP contribution in [0, 0.1) is 12.7 Å². The number of aromatic nitrogens is 5. The summed E-state index contributed by atoms with van der Waals surface area (Å²) in [6.45, 7) is 3.92. The highest BCUT2D eigenvalue weighted by molar-refractivity contribution is 7.98. The van der Waals surface area contributed by atoms with Gasteiger partial charge in [0.05, 0.1) is 48.4 Å². The third-order valence-corrected chi connectivity index (χ3v) is 11.6. The van der Waals surface area contributed by atoms with E-state index in [0.29, 0.717) is 50.0 Å². The van der Waals surface area contributed by atoms with Crippen molar-refractivity contribution in [1.82, 2.24) is 24.1 Å². The van der Waals surface area contributed by atoms with Gasteiger partial charge in [0.1, 0.15) is 17.3 Å². The van der Waals surface area contributed by atoms with Gasteiger partial charge in [0.25, 0.3) is 0 Å². The zero-order valence-electron chi connectivity index (χ0n) is 31.1. The van der Waals surface area contributed by atoms with Crippen molar-refractivity contribution in [3.8, 4) is 16.9 Å². The fraction of sp³-hybridized carbons (Fsp3) is 0.390. The van der Waals surface area contributed by atoms with E-state index in [1.54, 1.807) is 31.0 Å². The standard InChI is InChI=1S/C41H45ClFN5O5S/c1-25-37(35(45-46(25)2)23-52-17-16-51-4)38-34(42)13-12-33-32-7-5-15-53-36-20-26(19-27-21-28(43)9-11-31(27)36)8-10-30-22-29(44-47(30)3)24-54-18-6-14-48(39(33)38)40(32)41(49)50/h9,11-13,19-22H,5-8,10,14-18,23-24H2,1-4H3,(H,49,50). The van der Waals surface area contributed by atoms with Gasteiger partial charge < -0.3 is 23.9 Å². The van der Waals surface area contributed by atoms with E-state index >= 15 is 0 Å². The largest absolute Gasteiger partial charge is 0.493 e. The van der Waals surface area contributed by atoms with Crippen molar-refractivity contribution in [2.45, 2.75) is 57.9 Å². The van der Waals surface area contributed by atoms with E-state index < -0.39 is 5.97 Å². The molecule has 1 aliphatic heterocycles. The van der Waals surface area contributed by atoms with Crippen molar-refractivity contribution in [2.24, 2.45) is 14.1 Å².